The predicted molar refractivity (Wildman–Crippen MR) is 114 cm³/mol. The van der Waals surface area contributed by atoms with Crippen molar-refractivity contribution < 1.29 is 17.9 Å². The topological polar surface area (TPSA) is 85.4 Å². The summed E-state index contributed by atoms with van der Waals surface area (Å²) in [6.45, 7) is 3.37. The van der Waals surface area contributed by atoms with Crippen molar-refractivity contribution in [1.29, 1.82) is 0 Å². The van der Waals surface area contributed by atoms with E-state index >= 15 is 0 Å². The quantitative estimate of drug-likeness (QED) is 0.695. The molecule has 0 aliphatic carbocycles. The van der Waals surface area contributed by atoms with Crippen LogP contribution in [0.25, 0.3) is 0 Å². The summed E-state index contributed by atoms with van der Waals surface area (Å²) < 4.78 is 29.6. The highest BCUT2D eigenvalue weighted by atomic mass is 32.2. The lowest BCUT2D eigenvalue weighted by Gasteiger charge is -2.26. The zero-order chi connectivity index (χ0) is 20.1. The summed E-state index contributed by atoms with van der Waals surface area (Å²) in [4.78, 5) is 17.6. The summed E-state index contributed by atoms with van der Waals surface area (Å²) in [5.41, 5.74) is 1.60. The molecule has 2 aromatic rings. The molecule has 3 rings (SSSR count). The molecule has 1 fully saturated rings. The van der Waals surface area contributed by atoms with E-state index in [-0.39, 0.29) is 11.8 Å². The van der Waals surface area contributed by atoms with Gasteiger partial charge in [-0.1, -0.05) is 24.4 Å². The average Bonchev–Trinajstić information content (AvgIpc) is 3.18. The molecule has 1 aromatic heterocycles. The largest absolute Gasteiger partial charge is 0.381 e. The normalized spacial score (nSPS) is 16.5. The van der Waals surface area contributed by atoms with Gasteiger partial charge in [0.25, 0.3) is 0 Å². The zero-order valence-corrected chi connectivity index (χ0v) is 17.8. The van der Waals surface area contributed by atoms with E-state index in [4.69, 9.17) is 4.74 Å². The summed E-state index contributed by atoms with van der Waals surface area (Å²) >= 11 is 1.38. The monoisotopic (exact) mass is 420 g/mol. The zero-order valence-electron chi connectivity index (χ0n) is 16.2. The van der Waals surface area contributed by atoms with Crippen LogP contribution in [0.2, 0.25) is 6.82 Å². The second-order valence-electron chi connectivity index (χ2n) is 7.16. The van der Waals surface area contributed by atoms with Crippen LogP contribution in [0.1, 0.15) is 30.7 Å². The molecule has 9 heteroatoms. The molecule has 0 saturated carbocycles. The number of hydrogen-bond acceptors (Lipinski definition) is 6. The number of sulfone groups is 1. The van der Waals surface area contributed by atoms with Crippen molar-refractivity contribution >= 4 is 45.0 Å². The molecule has 1 unspecified atom stereocenters. The molecule has 28 heavy (non-hydrogen) atoms. The minimum atomic E-state index is -3.30. The van der Waals surface area contributed by atoms with E-state index in [2.05, 4.69) is 10.3 Å². The minimum absolute atomic E-state index is 0.101. The number of thiazole rings is 1. The van der Waals surface area contributed by atoms with E-state index < -0.39 is 9.84 Å². The standard InChI is InChI=1S/C19H25BN2O4S2/c1-20-16-12-14(3-4-17(16)28(2,24)25)15(11-13-5-8-26-9-6-13)18(23)22-19-21-7-10-27-19/h3-4,7,10,12-13,15,20H,5-6,8-9,11H2,1-2H3,(H,21,22,23). The molecule has 0 spiro atoms. The Bertz CT molecular complexity index is 910. The van der Waals surface area contributed by atoms with Gasteiger partial charge in [0.15, 0.2) is 22.2 Å². The Morgan fingerprint density at radius 1 is 1.39 bits per heavy atom. The van der Waals surface area contributed by atoms with Gasteiger partial charge < -0.3 is 10.1 Å². The first kappa shape index (κ1) is 21.0. The number of benzene rings is 1. The number of carbonyl (C=O) groups excluding carboxylic acids is 1. The number of anilines is 1. The Balaban J connectivity index is 1.91. The Kier molecular flexibility index (Phi) is 6.90. The lowest BCUT2D eigenvalue weighted by atomic mass is 9.71. The SMILES string of the molecule is CBc1cc(C(CC2CCOCC2)C(=O)Nc2nccs2)ccc1S(C)(=O)=O. The molecule has 1 amide bonds. The highest BCUT2D eigenvalue weighted by Gasteiger charge is 2.27. The Morgan fingerprint density at radius 3 is 2.75 bits per heavy atom. The van der Waals surface area contributed by atoms with Gasteiger partial charge in [-0.25, -0.2) is 13.4 Å². The van der Waals surface area contributed by atoms with Crippen LogP contribution >= 0.6 is 11.3 Å². The lowest BCUT2D eigenvalue weighted by Crippen LogP contribution is -2.28. The van der Waals surface area contributed by atoms with Crippen LogP contribution < -0.4 is 10.8 Å². The van der Waals surface area contributed by atoms with E-state index in [0.717, 1.165) is 37.1 Å². The summed E-state index contributed by atoms with van der Waals surface area (Å²) in [5.74, 6) is -0.0537. The second-order valence-corrected chi connectivity index (χ2v) is 10.0. The smallest absolute Gasteiger partial charge is 0.233 e. The Labute approximate surface area is 170 Å². The average molecular weight is 420 g/mol. The van der Waals surface area contributed by atoms with Gasteiger partial charge in [0.1, 0.15) is 0 Å². The molecule has 1 aliphatic rings. The molecule has 6 nitrogen and oxygen atoms in total. The fourth-order valence-corrected chi connectivity index (χ4v) is 5.17. The van der Waals surface area contributed by atoms with Crippen molar-refractivity contribution in [2.24, 2.45) is 5.92 Å². The molecule has 2 heterocycles. The molecule has 1 aromatic carbocycles. The van der Waals surface area contributed by atoms with E-state index in [9.17, 15) is 13.2 Å². The predicted octanol–water partition coefficient (Wildman–Crippen LogP) is 2.20. The van der Waals surface area contributed by atoms with Crippen molar-refractivity contribution in [3.63, 3.8) is 0 Å². The first-order chi connectivity index (χ1) is 13.4. The van der Waals surface area contributed by atoms with Crippen LogP contribution in [-0.4, -0.2) is 46.1 Å². The molecule has 1 saturated heterocycles. The van der Waals surface area contributed by atoms with Crippen molar-refractivity contribution in [2.75, 3.05) is 24.8 Å². The first-order valence-electron chi connectivity index (χ1n) is 9.49. The molecule has 0 radical (unpaired) electrons. The maximum Gasteiger partial charge on any atom is 0.233 e. The fraction of sp³-hybridized carbons (Fsp3) is 0.474. The summed E-state index contributed by atoms with van der Waals surface area (Å²) in [6.07, 6.45) is 5.45. The fourth-order valence-electron chi connectivity index (χ4n) is 3.64. The third-order valence-electron chi connectivity index (χ3n) is 5.16. The summed E-state index contributed by atoms with van der Waals surface area (Å²) in [5, 5.41) is 5.30. The van der Waals surface area contributed by atoms with E-state index in [1.807, 2.05) is 18.3 Å². The van der Waals surface area contributed by atoms with E-state index in [1.165, 1.54) is 17.6 Å². The van der Waals surface area contributed by atoms with Crippen LogP contribution in [0.3, 0.4) is 0 Å². The molecule has 1 N–H and O–H groups in total. The third-order valence-corrected chi connectivity index (χ3v) is 7.04. The molecular weight excluding hydrogens is 395 g/mol. The van der Waals surface area contributed by atoms with Gasteiger partial charge in [0, 0.05) is 31.0 Å². The number of amides is 1. The second kappa shape index (κ2) is 9.20. The maximum absolute atomic E-state index is 13.1. The van der Waals surface area contributed by atoms with Crippen molar-refractivity contribution in [3.05, 3.63) is 35.3 Å². The number of rotatable bonds is 7. The van der Waals surface area contributed by atoms with Crippen LogP contribution in [0, 0.1) is 5.92 Å². The number of ether oxygens (including phenoxy) is 1. The molecule has 150 valence electrons. The van der Waals surface area contributed by atoms with Crippen LogP contribution in [0.15, 0.2) is 34.7 Å². The lowest BCUT2D eigenvalue weighted by molar-refractivity contribution is -0.118. The number of nitrogens with one attached hydrogen (secondary N) is 1. The van der Waals surface area contributed by atoms with E-state index in [0.29, 0.717) is 29.6 Å². The van der Waals surface area contributed by atoms with Crippen LogP contribution in [0.5, 0.6) is 0 Å². The van der Waals surface area contributed by atoms with Crippen molar-refractivity contribution in [1.82, 2.24) is 4.98 Å². The number of hydrogen-bond donors (Lipinski definition) is 1. The van der Waals surface area contributed by atoms with Gasteiger partial charge in [-0.3, -0.25) is 4.79 Å². The van der Waals surface area contributed by atoms with Gasteiger partial charge >= 0.3 is 0 Å². The van der Waals surface area contributed by atoms with Crippen LogP contribution in [-0.2, 0) is 19.4 Å². The summed E-state index contributed by atoms with van der Waals surface area (Å²) in [7, 11) is -2.71. The van der Waals surface area contributed by atoms with Gasteiger partial charge in [-0.15, -0.1) is 11.3 Å². The first-order valence-corrected chi connectivity index (χ1v) is 12.3. The Hall–Kier alpha value is -1.71. The molecule has 1 atom stereocenters. The molecule has 1 aliphatic heterocycles. The highest BCUT2D eigenvalue weighted by molar-refractivity contribution is 7.91. The number of aromatic nitrogens is 1. The van der Waals surface area contributed by atoms with Gasteiger partial charge in [0.05, 0.1) is 10.8 Å². The van der Waals surface area contributed by atoms with Crippen LogP contribution in [0.4, 0.5) is 5.13 Å². The van der Waals surface area contributed by atoms with Gasteiger partial charge in [0.2, 0.25) is 5.91 Å². The Morgan fingerprint density at radius 2 is 2.14 bits per heavy atom. The minimum Gasteiger partial charge on any atom is -0.381 e. The third kappa shape index (κ3) is 5.21. The number of nitrogens with zero attached hydrogens (tertiary/aromatic N) is 1. The van der Waals surface area contributed by atoms with Crippen molar-refractivity contribution in [2.45, 2.75) is 36.9 Å². The highest BCUT2D eigenvalue weighted by Crippen LogP contribution is 2.31. The van der Waals surface area contributed by atoms with Crippen molar-refractivity contribution in [3.8, 4) is 0 Å². The van der Waals surface area contributed by atoms with Gasteiger partial charge in [-0.2, -0.15) is 0 Å². The maximum atomic E-state index is 13.1. The summed E-state index contributed by atoms with van der Waals surface area (Å²) in [6, 6.07) is 5.29. The van der Waals surface area contributed by atoms with Gasteiger partial charge in [-0.05, 0) is 36.8 Å². The molecular formula is C19H25BN2O4S2. The van der Waals surface area contributed by atoms with E-state index in [1.54, 1.807) is 18.3 Å². The molecule has 0 bridgehead atoms. The number of carbonyl (C=O) groups is 1.